The average Bonchev–Trinajstić information content (AvgIpc) is 2.80. The van der Waals surface area contributed by atoms with Crippen LogP contribution in [0.2, 0.25) is 19.6 Å². The Morgan fingerprint density at radius 2 is 1.28 bits per heavy atom. The second kappa shape index (κ2) is 10.6. The maximum absolute atomic E-state index is 6.68. The fourth-order valence-electron chi connectivity index (χ4n) is 3.63. The SMILES string of the molecule is COc1cc(C(Cc2ccccc2)N(O[Si](C)(C)C)c2ccccc2)cc(OC)c1OC. The molecule has 0 heterocycles. The van der Waals surface area contributed by atoms with Crippen molar-refractivity contribution in [3.63, 3.8) is 0 Å². The van der Waals surface area contributed by atoms with Crippen LogP contribution in [0, 0.1) is 0 Å². The van der Waals surface area contributed by atoms with Crippen molar-refractivity contribution >= 4 is 14.0 Å². The molecule has 0 aliphatic heterocycles. The molecular weight excluding hydrogens is 418 g/mol. The number of para-hydroxylation sites is 1. The van der Waals surface area contributed by atoms with Crippen molar-refractivity contribution in [2.24, 2.45) is 0 Å². The minimum Gasteiger partial charge on any atom is -0.493 e. The topological polar surface area (TPSA) is 40.2 Å². The number of nitrogens with zero attached hydrogens (tertiary/aromatic N) is 1. The van der Waals surface area contributed by atoms with E-state index < -0.39 is 8.32 Å². The zero-order chi connectivity index (χ0) is 23.1. The van der Waals surface area contributed by atoms with E-state index in [4.69, 9.17) is 18.7 Å². The van der Waals surface area contributed by atoms with Gasteiger partial charge in [-0.3, -0.25) is 5.06 Å². The summed E-state index contributed by atoms with van der Waals surface area (Å²) in [6, 6.07) is 24.6. The molecule has 0 spiro atoms. The van der Waals surface area contributed by atoms with Crippen LogP contribution in [0.5, 0.6) is 17.2 Å². The number of anilines is 1. The largest absolute Gasteiger partial charge is 0.493 e. The van der Waals surface area contributed by atoms with Gasteiger partial charge in [0.15, 0.2) is 11.5 Å². The van der Waals surface area contributed by atoms with Crippen LogP contribution in [0.4, 0.5) is 5.69 Å². The van der Waals surface area contributed by atoms with Gasteiger partial charge in [-0.05, 0) is 61.5 Å². The monoisotopic (exact) mass is 451 g/mol. The summed E-state index contributed by atoms with van der Waals surface area (Å²) in [5.41, 5.74) is 3.24. The quantitative estimate of drug-likeness (QED) is 0.268. The van der Waals surface area contributed by atoms with Gasteiger partial charge < -0.3 is 18.7 Å². The van der Waals surface area contributed by atoms with E-state index in [2.05, 4.69) is 61.1 Å². The molecule has 3 rings (SSSR count). The molecule has 0 bridgehead atoms. The molecule has 0 saturated heterocycles. The summed E-state index contributed by atoms with van der Waals surface area (Å²) in [6.07, 6.45) is 0.749. The lowest BCUT2D eigenvalue weighted by Crippen LogP contribution is -2.40. The minimum atomic E-state index is -1.94. The fraction of sp³-hybridized carbons (Fsp3) is 0.308. The predicted molar refractivity (Wildman–Crippen MR) is 132 cm³/mol. The number of methoxy groups -OCH3 is 3. The van der Waals surface area contributed by atoms with Gasteiger partial charge in [-0.1, -0.05) is 48.5 Å². The van der Waals surface area contributed by atoms with Crippen LogP contribution < -0.4 is 19.3 Å². The van der Waals surface area contributed by atoms with Crippen molar-refractivity contribution in [1.82, 2.24) is 0 Å². The van der Waals surface area contributed by atoms with Crippen molar-refractivity contribution < 1.29 is 18.7 Å². The molecule has 0 aliphatic carbocycles. The van der Waals surface area contributed by atoms with E-state index >= 15 is 0 Å². The highest BCUT2D eigenvalue weighted by molar-refractivity contribution is 6.69. The van der Waals surface area contributed by atoms with Crippen molar-refractivity contribution in [2.75, 3.05) is 26.4 Å². The van der Waals surface area contributed by atoms with Gasteiger partial charge in [-0.15, -0.1) is 0 Å². The molecule has 0 aliphatic rings. The van der Waals surface area contributed by atoms with E-state index in [1.54, 1.807) is 21.3 Å². The van der Waals surface area contributed by atoms with Crippen LogP contribution in [0.15, 0.2) is 72.8 Å². The van der Waals surface area contributed by atoms with Crippen LogP contribution in [0.1, 0.15) is 17.2 Å². The van der Waals surface area contributed by atoms with Gasteiger partial charge >= 0.3 is 0 Å². The first-order valence-corrected chi connectivity index (χ1v) is 14.1. The summed E-state index contributed by atoms with van der Waals surface area (Å²) in [7, 11) is 2.96. The van der Waals surface area contributed by atoms with Crippen LogP contribution >= 0.6 is 0 Å². The third kappa shape index (κ3) is 5.84. The summed E-state index contributed by atoms with van der Waals surface area (Å²) >= 11 is 0. The first kappa shape index (κ1) is 23.7. The van der Waals surface area contributed by atoms with E-state index in [9.17, 15) is 0 Å². The Morgan fingerprint density at radius 1 is 0.750 bits per heavy atom. The Bertz CT molecular complexity index is 965. The first-order valence-electron chi connectivity index (χ1n) is 10.7. The molecule has 0 fully saturated rings. The van der Waals surface area contributed by atoms with Gasteiger partial charge in [0, 0.05) is 0 Å². The number of hydrogen-bond acceptors (Lipinski definition) is 5. The fourth-order valence-corrected chi connectivity index (χ4v) is 4.46. The third-order valence-electron chi connectivity index (χ3n) is 5.01. The third-order valence-corrected chi connectivity index (χ3v) is 5.75. The van der Waals surface area contributed by atoms with Gasteiger partial charge in [0.2, 0.25) is 14.1 Å². The molecule has 3 aromatic rings. The molecular formula is C26H33NO4Si. The number of ether oxygens (including phenoxy) is 3. The Morgan fingerprint density at radius 3 is 1.75 bits per heavy atom. The molecule has 32 heavy (non-hydrogen) atoms. The maximum Gasteiger partial charge on any atom is 0.220 e. The lowest BCUT2D eigenvalue weighted by Gasteiger charge is -2.38. The van der Waals surface area contributed by atoms with Crippen LogP contribution in [0.3, 0.4) is 0 Å². The van der Waals surface area contributed by atoms with Gasteiger partial charge in [0.1, 0.15) is 0 Å². The molecule has 5 nitrogen and oxygen atoms in total. The number of hydrogen-bond donors (Lipinski definition) is 0. The van der Waals surface area contributed by atoms with Gasteiger partial charge in [0.25, 0.3) is 0 Å². The smallest absolute Gasteiger partial charge is 0.220 e. The average molecular weight is 452 g/mol. The van der Waals surface area contributed by atoms with Crippen LogP contribution in [-0.4, -0.2) is 29.6 Å². The van der Waals surface area contributed by atoms with E-state index in [0.29, 0.717) is 17.2 Å². The molecule has 0 N–H and O–H groups in total. The summed E-state index contributed by atoms with van der Waals surface area (Å²) in [5, 5.41) is 2.06. The van der Waals surface area contributed by atoms with Crippen LogP contribution in [0.25, 0.3) is 0 Å². The lowest BCUT2D eigenvalue weighted by molar-refractivity contribution is 0.232. The highest BCUT2D eigenvalue weighted by atomic mass is 28.4. The van der Waals surface area contributed by atoms with Crippen molar-refractivity contribution in [3.8, 4) is 17.2 Å². The van der Waals surface area contributed by atoms with Crippen molar-refractivity contribution in [1.29, 1.82) is 0 Å². The van der Waals surface area contributed by atoms with E-state index in [1.807, 2.05) is 36.4 Å². The van der Waals surface area contributed by atoms with E-state index in [1.165, 1.54) is 5.56 Å². The molecule has 0 amide bonds. The Hall–Kier alpha value is -2.96. The predicted octanol–water partition coefficient (Wildman–Crippen LogP) is 6.27. The second-order valence-electron chi connectivity index (χ2n) is 8.53. The standard InChI is InChI=1S/C26H33NO4Si/c1-28-24-18-21(19-25(29-2)26(24)30-3)23(17-20-13-9-7-10-14-20)27(31-32(4,5)6)22-15-11-8-12-16-22/h7-16,18-19,23H,17H2,1-6H3. The maximum atomic E-state index is 6.68. The van der Waals surface area contributed by atoms with Crippen molar-refractivity contribution in [2.45, 2.75) is 32.1 Å². The molecule has 0 radical (unpaired) electrons. The molecule has 1 unspecified atom stereocenters. The van der Waals surface area contributed by atoms with Gasteiger partial charge in [-0.25, -0.2) is 0 Å². The lowest BCUT2D eigenvalue weighted by atomic mass is 9.97. The molecule has 1 atom stereocenters. The van der Waals surface area contributed by atoms with E-state index in [0.717, 1.165) is 17.7 Å². The van der Waals surface area contributed by atoms with Crippen molar-refractivity contribution in [3.05, 3.63) is 83.9 Å². The molecule has 0 aromatic heterocycles. The Kier molecular flexibility index (Phi) is 7.83. The Balaban J connectivity index is 2.18. The molecule has 6 heteroatoms. The molecule has 3 aromatic carbocycles. The normalized spacial score (nSPS) is 12.2. The Labute approximate surface area is 192 Å². The minimum absolute atomic E-state index is 0.111. The summed E-state index contributed by atoms with van der Waals surface area (Å²) < 4.78 is 23.5. The highest BCUT2D eigenvalue weighted by Gasteiger charge is 2.30. The number of hydroxylamine groups is 1. The second-order valence-corrected chi connectivity index (χ2v) is 12.9. The number of rotatable bonds is 10. The zero-order valence-corrected chi connectivity index (χ0v) is 20.8. The summed E-state index contributed by atoms with van der Waals surface area (Å²) in [6.45, 7) is 6.58. The van der Waals surface area contributed by atoms with Gasteiger partial charge in [-0.2, -0.15) is 0 Å². The molecule has 0 saturated carbocycles. The van der Waals surface area contributed by atoms with E-state index in [-0.39, 0.29) is 6.04 Å². The highest BCUT2D eigenvalue weighted by Crippen LogP contribution is 2.42. The van der Waals surface area contributed by atoms with Gasteiger partial charge in [0.05, 0.1) is 33.1 Å². The summed E-state index contributed by atoms with van der Waals surface area (Å²) in [5.74, 6) is 1.83. The molecule has 170 valence electrons. The first-order chi connectivity index (χ1) is 15.4. The van der Waals surface area contributed by atoms with Crippen LogP contribution in [-0.2, 0) is 10.9 Å². The zero-order valence-electron chi connectivity index (χ0n) is 19.8. The summed E-state index contributed by atoms with van der Waals surface area (Å²) in [4.78, 5) is 0. The number of benzene rings is 3.